The summed E-state index contributed by atoms with van der Waals surface area (Å²) in [6.07, 6.45) is 6.94. The zero-order chi connectivity index (χ0) is 13.5. The van der Waals surface area contributed by atoms with Crippen LogP contribution in [-0.4, -0.2) is 36.6 Å². The lowest BCUT2D eigenvalue weighted by molar-refractivity contribution is 0.0941. The Morgan fingerprint density at radius 2 is 2.00 bits per heavy atom. The summed E-state index contributed by atoms with van der Waals surface area (Å²) in [6.45, 7) is 15.0. The molecule has 1 rings (SSSR count). The second kappa shape index (κ2) is 7.96. The zero-order valence-corrected chi connectivity index (χ0v) is 12.9. The lowest BCUT2D eigenvalue weighted by Gasteiger charge is -2.43. The molecular weight excluding hydrogens is 220 g/mol. The number of hydrogen-bond acceptors (Lipinski definition) is 2. The van der Waals surface area contributed by atoms with Crippen molar-refractivity contribution in [2.75, 3.05) is 19.6 Å². The Labute approximate surface area is 114 Å². The van der Waals surface area contributed by atoms with Crippen molar-refractivity contribution in [3.05, 3.63) is 12.2 Å². The van der Waals surface area contributed by atoms with Crippen molar-refractivity contribution >= 4 is 0 Å². The molecule has 1 heterocycles. The number of hydrogen-bond donors (Lipinski definition) is 1. The highest BCUT2D eigenvalue weighted by molar-refractivity contribution is 4.89. The number of rotatable bonds is 6. The summed E-state index contributed by atoms with van der Waals surface area (Å²) in [4.78, 5) is 2.70. The van der Waals surface area contributed by atoms with Crippen LogP contribution in [0, 0.1) is 11.8 Å². The SMILES string of the molecule is C/C=C/CCN1CC(CC(C)C)NCC1C(C)C. The molecule has 1 aliphatic rings. The molecule has 2 heteroatoms. The molecule has 18 heavy (non-hydrogen) atoms. The summed E-state index contributed by atoms with van der Waals surface area (Å²) in [6, 6.07) is 1.39. The molecule has 0 aromatic rings. The molecule has 2 atom stereocenters. The standard InChI is InChI=1S/C16H32N2/c1-6-7-8-9-18-12-15(10-13(2)3)17-11-16(18)14(4)5/h6-7,13-17H,8-12H2,1-5H3/b7-6+. The average Bonchev–Trinajstić information content (AvgIpc) is 2.28. The molecule has 1 N–H and O–H groups in total. The van der Waals surface area contributed by atoms with Crippen LogP contribution in [0.15, 0.2) is 12.2 Å². The van der Waals surface area contributed by atoms with Gasteiger partial charge in [-0.1, -0.05) is 39.8 Å². The largest absolute Gasteiger partial charge is 0.311 e. The number of allylic oxidation sites excluding steroid dienone is 1. The van der Waals surface area contributed by atoms with Gasteiger partial charge in [-0.25, -0.2) is 0 Å². The highest BCUT2D eigenvalue weighted by atomic mass is 15.2. The van der Waals surface area contributed by atoms with Crippen LogP contribution in [-0.2, 0) is 0 Å². The van der Waals surface area contributed by atoms with E-state index >= 15 is 0 Å². The zero-order valence-electron chi connectivity index (χ0n) is 12.9. The van der Waals surface area contributed by atoms with E-state index in [9.17, 15) is 0 Å². The van der Waals surface area contributed by atoms with E-state index in [1.165, 1.54) is 25.9 Å². The summed E-state index contributed by atoms with van der Waals surface area (Å²) in [7, 11) is 0. The topological polar surface area (TPSA) is 15.3 Å². The lowest BCUT2D eigenvalue weighted by Crippen LogP contribution is -2.58. The van der Waals surface area contributed by atoms with Crippen LogP contribution in [0.4, 0.5) is 0 Å². The molecular formula is C16H32N2. The molecule has 0 bridgehead atoms. The van der Waals surface area contributed by atoms with Gasteiger partial charge in [0.2, 0.25) is 0 Å². The summed E-state index contributed by atoms with van der Waals surface area (Å²) >= 11 is 0. The molecule has 1 aliphatic heterocycles. The summed E-state index contributed by atoms with van der Waals surface area (Å²) in [5.74, 6) is 1.53. The average molecular weight is 252 g/mol. The fraction of sp³-hybridized carbons (Fsp3) is 0.875. The maximum absolute atomic E-state index is 3.74. The third-order valence-electron chi connectivity index (χ3n) is 3.88. The van der Waals surface area contributed by atoms with E-state index in [-0.39, 0.29) is 0 Å². The van der Waals surface area contributed by atoms with Gasteiger partial charge in [-0.05, 0) is 31.6 Å². The lowest BCUT2D eigenvalue weighted by atomic mass is 9.95. The number of nitrogens with one attached hydrogen (secondary N) is 1. The third kappa shape index (κ3) is 5.11. The van der Waals surface area contributed by atoms with Crippen molar-refractivity contribution in [1.29, 1.82) is 0 Å². The molecule has 1 fully saturated rings. The Bertz CT molecular complexity index is 245. The van der Waals surface area contributed by atoms with E-state index in [1.54, 1.807) is 0 Å². The first-order chi connectivity index (χ1) is 8.54. The molecule has 0 aliphatic carbocycles. The minimum absolute atomic E-state index is 0.686. The first-order valence-electron chi connectivity index (χ1n) is 7.63. The fourth-order valence-corrected chi connectivity index (χ4v) is 2.95. The van der Waals surface area contributed by atoms with Gasteiger partial charge in [0.05, 0.1) is 0 Å². The van der Waals surface area contributed by atoms with Gasteiger partial charge in [0.15, 0.2) is 0 Å². The van der Waals surface area contributed by atoms with Gasteiger partial charge in [-0.15, -0.1) is 0 Å². The molecule has 106 valence electrons. The number of piperazine rings is 1. The Hall–Kier alpha value is -0.340. The van der Waals surface area contributed by atoms with Crippen molar-refractivity contribution in [2.24, 2.45) is 11.8 Å². The van der Waals surface area contributed by atoms with Crippen molar-refractivity contribution in [3.63, 3.8) is 0 Å². The van der Waals surface area contributed by atoms with Crippen LogP contribution in [0.25, 0.3) is 0 Å². The van der Waals surface area contributed by atoms with Gasteiger partial charge < -0.3 is 5.32 Å². The molecule has 2 unspecified atom stereocenters. The van der Waals surface area contributed by atoms with E-state index in [2.05, 4.69) is 57.0 Å². The van der Waals surface area contributed by atoms with Gasteiger partial charge >= 0.3 is 0 Å². The first-order valence-corrected chi connectivity index (χ1v) is 7.63. The fourth-order valence-electron chi connectivity index (χ4n) is 2.95. The summed E-state index contributed by atoms with van der Waals surface area (Å²) in [5.41, 5.74) is 0. The Morgan fingerprint density at radius 1 is 1.28 bits per heavy atom. The van der Waals surface area contributed by atoms with Crippen molar-refractivity contribution in [3.8, 4) is 0 Å². The first kappa shape index (κ1) is 15.7. The van der Waals surface area contributed by atoms with Crippen LogP contribution in [0.3, 0.4) is 0 Å². The Kier molecular flexibility index (Phi) is 6.95. The molecule has 1 saturated heterocycles. The predicted molar refractivity (Wildman–Crippen MR) is 80.9 cm³/mol. The smallest absolute Gasteiger partial charge is 0.0244 e. The molecule has 0 saturated carbocycles. The monoisotopic (exact) mass is 252 g/mol. The molecule has 0 aromatic carbocycles. The van der Waals surface area contributed by atoms with Gasteiger partial charge in [0.25, 0.3) is 0 Å². The second-order valence-electron chi connectivity index (χ2n) is 6.40. The maximum atomic E-state index is 3.74. The van der Waals surface area contributed by atoms with Crippen molar-refractivity contribution < 1.29 is 0 Å². The minimum atomic E-state index is 0.686. The van der Waals surface area contributed by atoms with E-state index in [0.29, 0.717) is 12.1 Å². The van der Waals surface area contributed by atoms with Crippen molar-refractivity contribution in [2.45, 2.75) is 59.5 Å². The van der Waals surface area contributed by atoms with E-state index in [1.807, 2.05) is 0 Å². The predicted octanol–water partition coefficient (Wildman–Crippen LogP) is 3.30. The quantitative estimate of drug-likeness (QED) is 0.730. The Morgan fingerprint density at radius 3 is 2.56 bits per heavy atom. The second-order valence-corrected chi connectivity index (χ2v) is 6.40. The van der Waals surface area contributed by atoms with Crippen LogP contribution in [0.1, 0.15) is 47.5 Å². The minimum Gasteiger partial charge on any atom is -0.311 e. The third-order valence-corrected chi connectivity index (χ3v) is 3.88. The van der Waals surface area contributed by atoms with Crippen LogP contribution < -0.4 is 5.32 Å². The van der Waals surface area contributed by atoms with Gasteiger partial charge in [0, 0.05) is 31.7 Å². The van der Waals surface area contributed by atoms with Gasteiger partial charge in [-0.2, -0.15) is 0 Å². The maximum Gasteiger partial charge on any atom is 0.0244 e. The van der Waals surface area contributed by atoms with Crippen molar-refractivity contribution in [1.82, 2.24) is 10.2 Å². The molecule has 2 nitrogen and oxygen atoms in total. The van der Waals surface area contributed by atoms with Crippen LogP contribution in [0.5, 0.6) is 0 Å². The van der Waals surface area contributed by atoms with Gasteiger partial charge in [0.1, 0.15) is 0 Å². The van der Waals surface area contributed by atoms with Gasteiger partial charge in [-0.3, -0.25) is 4.90 Å². The van der Waals surface area contributed by atoms with Crippen LogP contribution in [0.2, 0.25) is 0 Å². The highest BCUT2D eigenvalue weighted by Gasteiger charge is 2.29. The normalized spacial score (nSPS) is 26.6. The number of nitrogens with zero attached hydrogens (tertiary/aromatic N) is 1. The molecule has 0 radical (unpaired) electrons. The Balaban J connectivity index is 2.52. The van der Waals surface area contributed by atoms with E-state index in [0.717, 1.165) is 18.4 Å². The molecule has 0 aromatic heterocycles. The van der Waals surface area contributed by atoms with Crippen LogP contribution >= 0.6 is 0 Å². The highest BCUT2D eigenvalue weighted by Crippen LogP contribution is 2.18. The summed E-state index contributed by atoms with van der Waals surface area (Å²) < 4.78 is 0. The van der Waals surface area contributed by atoms with E-state index < -0.39 is 0 Å². The summed E-state index contributed by atoms with van der Waals surface area (Å²) in [5, 5.41) is 3.74. The molecule has 0 spiro atoms. The van der Waals surface area contributed by atoms with E-state index in [4.69, 9.17) is 0 Å². The molecule has 0 amide bonds.